The van der Waals surface area contributed by atoms with Crippen LogP contribution in [0.1, 0.15) is 25.3 Å². The van der Waals surface area contributed by atoms with Crippen molar-refractivity contribution in [2.45, 2.75) is 32.4 Å². The van der Waals surface area contributed by atoms with E-state index in [0.717, 1.165) is 31.6 Å². The lowest BCUT2D eigenvalue weighted by molar-refractivity contribution is 0.159. The maximum Gasteiger partial charge on any atom is 0.0794 e. The van der Waals surface area contributed by atoms with Gasteiger partial charge in [-0.05, 0) is 30.8 Å². The van der Waals surface area contributed by atoms with E-state index in [2.05, 4.69) is 27.0 Å². The average molecular weight is 265 g/mol. The molecule has 0 aliphatic heterocycles. The minimum absolute atomic E-state index is 0.196. The van der Waals surface area contributed by atoms with E-state index in [1.165, 1.54) is 10.4 Å². The topological polar surface area (TPSA) is 60.9 Å². The fourth-order valence-corrected chi connectivity index (χ4v) is 2.53. The van der Waals surface area contributed by atoms with Crippen molar-refractivity contribution in [3.63, 3.8) is 0 Å². The minimum Gasteiger partial charge on any atom is -0.393 e. The number of nitrogens with one attached hydrogen (secondary N) is 2. The Kier molecular flexibility index (Phi) is 4.92. The molecule has 98 valence electrons. The molecule has 2 heterocycles. The highest BCUT2D eigenvalue weighted by atomic mass is 32.1. The first kappa shape index (κ1) is 13.3. The van der Waals surface area contributed by atoms with Gasteiger partial charge in [-0.3, -0.25) is 5.10 Å². The molecule has 5 heteroatoms. The predicted octanol–water partition coefficient (Wildman–Crippen LogP) is 2.39. The van der Waals surface area contributed by atoms with Crippen molar-refractivity contribution < 1.29 is 5.11 Å². The smallest absolute Gasteiger partial charge is 0.0794 e. The molecule has 3 N–H and O–H groups in total. The molecule has 18 heavy (non-hydrogen) atoms. The Morgan fingerprint density at radius 3 is 3.17 bits per heavy atom. The second-order valence-corrected chi connectivity index (χ2v) is 5.22. The number of aromatic amines is 1. The molecule has 0 amide bonds. The predicted molar refractivity (Wildman–Crippen MR) is 74.5 cm³/mol. The van der Waals surface area contributed by atoms with Crippen LogP contribution in [-0.2, 0) is 6.54 Å². The van der Waals surface area contributed by atoms with Crippen LogP contribution in [0.4, 0.5) is 0 Å². The summed E-state index contributed by atoms with van der Waals surface area (Å²) in [7, 11) is 0. The van der Waals surface area contributed by atoms with Crippen LogP contribution in [0.3, 0.4) is 0 Å². The first-order valence-electron chi connectivity index (χ1n) is 6.26. The zero-order valence-corrected chi connectivity index (χ0v) is 11.3. The summed E-state index contributed by atoms with van der Waals surface area (Å²) in [6.07, 6.45) is 3.27. The lowest BCUT2D eigenvalue weighted by Gasteiger charge is -2.08. The second kappa shape index (κ2) is 6.68. The van der Waals surface area contributed by atoms with Crippen molar-refractivity contribution in [3.8, 4) is 10.6 Å². The molecule has 0 aromatic carbocycles. The van der Waals surface area contributed by atoms with E-state index in [0.29, 0.717) is 0 Å². The summed E-state index contributed by atoms with van der Waals surface area (Å²) >= 11 is 1.70. The third-order valence-electron chi connectivity index (χ3n) is 2.93. The van der Waals surface area contributed by atoms with Gasteiger partial charge in [0, 0.05) is 12.1 Å². The van der Waals surface area contributed by atoms with Gasteiger partial charge in [0.05, 0.1) is 22.9 Å². The van der Waals surface area contributed by atoms with Crippen LogP contribution in [0.25, 0.3) is 10.6 Å². The Morgan fingerprint density at radius 1 is 1.56 bits per heavy atom. The molecule has 0 aliphatic carbocycles. The Labute approximate surface area is 111 Å². The molecule has 0 saturated carbocycles. The highest BCUT2D eigenvalue weighted by Crippen LogP contribution is 2.25. The van der Waals surface area contributed by atoms with Crippen LogP contribution >= 0.6 is 11.3 Å². The van der Waals surface area contributed by atoms with E-state index < -0.39 is 0 Å². The normalized spacial score (nSPS) is 12.8. The number of aliphatic hydroxyl groups is 1. The van der Waals surface area contributed by atoms with Gasteiger partial charge in [0.15, 0.2) is 0 Å². The van der Waals surface area contributed by atoms with Crippen molar-refractivity contribution >= 4 is 11.3 Å². The molecule has 2 aromatic heterocycles. The lowest BCUT2D eigenvalue weighted by atomic mass is 10.2. The number of hydrogen-bond donors (Lipinski definition) is 3. The van der Waals surface area contributed by atoms with Gasteiger partial charge < -0.3 is 10.4 Å². The Morgan fingerprint density at radius 2 is 2.44 bits per heavy atom. The third-order valence-corrected chi connectivity index (χ3v) is 3.81. The highest BCUT2D eigenvalue weighted by Gasteiger charge is 2.08. The van der Waals surface area contributed by atoms with Crippen molar-refractivity contribution in [3.05, 3.63) is 29.3 Å². The van der Waals surface area contributed by atoms with Crippen molar-refractivity contribution in [1.29, 1.82) is 0 Å². The number of aliphatic hydroxyl groups excluding tert-OH is 1. The quantitative estimate of drug-likeness (QED) is 0.674. The van der Waals surface area contributed by atoms with Crippen LogP contribution < -0.4 is 5.32 Å². The van der Waals surface area contributed by atoms with Gasteiger partial charge in [-0.2, -0.15) is 5.10 Å². The average Bonchev–Trinajstić information content (AvgIpc) is 3.04. The number of thiophene rings is 1. The van der Waals surface area contributed by atoms with Crippen LogP contribution in [0.15, 0.2) is 23.7 Å². The fourth-order valence-electron chi connectivity index (χ4n) is 1.78. The molecule has 0 saturated heterocycles. The van der Waals surface area contributed by atoms with Crippen LogP contribution in [0.2, 0.25) is 0 Å². The molecule has 1 atom stereocenters. The molecule has 2 aromatic rings. The number of rotatable bonds is 7. The zero-order valence-electron chi connectivity index (χ0n) is 10.5. The summed E-state index contributed by atoms with van der Waals surface area (Å²) in [5, 5.41) is 22.0. The molecule has 4 nitrogen and oxygen atoms in total. The van der Waals surface area contributed by atoms with Gasteiger partial charge in [0.1, 0.15) is 0 Å². The number of aromatic nitrogens is 2. The Balaban J connectivity index is 1.85. The van der Waals surface area contributed by atoms with Gasteiger partial charge in [-0.15, -0.1) is 11.3 Å². The maximum absolute atomic E-state index is 9.46. The molecule has 0 radical (unpaired) electrons. The van der Waals surface area contributed by atoms with Gasteiger partial charge in [-0.1, -0.05) is 13.0 Å². The summed E-state index contributed by atoms with van der Waals surface area (Å²) < 4.78 is 0. The number of nitrogens with zero attached hydrogens (tertiary/aromatic N) is 1. The van der Waals surface area contributed by atoms with Crippen molar-refractivity contribution in [1.82, 2.24) is 15.5 Å². The summed E-state index contributed by atoms with van der Waals surface area (Å²) in [6, 6.07) is 4.12. The van der Waals surface area contributed by atoms with E-state index in [1.54, 1.807) is 11.3 Å². The molecule has 1 unspecified atom stereocenters. The third kappa shape index (κ3) is 3.41. The maximum atomic E-state index is 9.46. The second-order valence-electron chi connectivity index (χ2n) is 4.28. The number of H-pyrrole nitrogens is 1. The van der Waals surface area contributed by atoms with Crippen LogP contribution in [0.5, 0.6) is 0 Å². The molecular weight excluding hydrogens is 246 g/mol. The van der Waals surface area contributed by atoms with E-state index >= 15 is 0 Å². The molecule has 0 bridgehead atoms. The fraction of sp³-hybridized carbons (Fsp3) is 0.462. The van der Waals surface area contributed by atoms with E-state index in [4.69, 9.17) is 0 Å². The summed E-state index contributed by atoms with van der Waals surface area (Å²) in [5.41, 5.74) is 2.26. The first-order chi connectivity index (χ1) is 8.81. The van der Waals surface area contributed by atoms with Gasteiger partial charge in [0.2, 0.25) is 0 Å². The molecule has 0 fully saturated rings. The minimum atomic E-state index is -0.196. The molecule has 0 aliphatic rings. The SMILES string of the molecule is CCC(O)CCNCc1cn[nH]c1-c1cccs1. The Bertz CT molecular complexity index is 453. The van der Waals surface area contributed by atoms with E-state index in [-0.39, 0.29) is 6.10 Å². The molecule has 2 rings (SSSR count). The standard InChI is InChI=1S/C13H19N3OS/c1-2-11(17)5-6-14-8-10-9-15-16-13(10)12-4-3-7-18-12/h3-4,7,9,11,14,17H,2,5-6,8H2,1H3,(H,15,16). The monoisotopic (exact) mass is 265 g/mol. The lowest BCUT2D eigenvalue weighted by Crippen LogP contribution is -2.19. The number of hydrogen-bond acceptors (Lipinski definition) is 4. The van der Waals surface area contributed by atoms with E-state index in [1.807, 2.05) is 19.2 Å². The van der Waals surface area contributed by atoms with Crippen molar-refractivity contribution in [2.24, 2.45) is 0 Å². The van der Waals surface area contributed by atoms with Crippen LogP contribution in [-0.4, -0.2) is 28.0 Å². The zero-order chi connectivity index (χ0) is 12.8. The van der Waals surface area contributed by atoms with Crippen molar-refractivity contribution in [2.75, 3.05) is 6.54 Å². The summed E-state index contributed by atoms with van der Waals surface area (Å²) in [5.74, 6) is 0. The van der Waals surface area contributed by atoms with Gasteiger partial charge >= 0.3 is 0 Å². The summed E-state index contributed by atoms with van der Waals surface area (Å²) in [6.45, 7) is 3.60. The van der Waals surface area contributed by atoms with E-state index in [9.17, 15) is 5.11 Å². The Hall–Kier alpha value is -1.17. The summed E-state index contributed by atoms with van der Waals surface area (Å²) in [4.78, 5) is 1.21. The largest absolute Gasteiger partial charge is 0.393 e. The first-order valence-corrected chi connectivity index (χ1v) is 7.14. The molecule has 0 spiro atoms. The van der Waals surface area contributed by atoms with Gasteiger partial charge in [0.25, 0.3) is 0 Å². The highest BCUT2D eigenvalue weighted by molar-refractivity contribution is 7.13. The molecular formula is C13H19N3OS. The van der Waals surface area contributed by atoms with Gasteiger partial charge in [-0.25, -0.2) is 0 Å². The van der Waals surface area contributed by atoms with Crippen LogP contribution in [0, 0.1) is 0 Å².